The smallest absolute Gasteiger partial charge is 0.257 e. The largest absolute Gasteiger partial charge is 0.493 e. The van der Waals surface area contributed by atoms with Crippen molar-refractivity contribution >= 4 is 5.91 Å². The summed E-state index contributed by atoms with van der Waals surface area (Å²) in [5.41, 5.74) is 1.69. The molecule has 4 rings (SSSR count). The lowest BCUT2D eigenvalue weighted by molar-refractivity contribution is 0.0635. The Kier molecular flexibility index (Phi) is 4.43. The van der Waals surface area contributed by atoms with Gasteiger partial charge in [-0.15, -0.1) is 0 Å². The maximum absolute atomic E-state index is 12.6. The Balaban J connectivity index is 1.43. The Hall–Kier alpha value is -3.09. The molecule has 0 fully saturated rings. The van der Waals surface area contributed by atoms with Crippen molar-refractivity contribution in [3.05, 3.63) is 66.4 Å². The summed E-state index contributed by atoms with van der Waals surface area (Å²) in [6, 6.07) is 5.29. The van der Waals surface area contributed by atoms with Crippen molar-refractivity contribution in [2.45, 2.75) is 25.9 Å². The molecule has 1 aliphatic rings. The molecule has 0 N–H and O–H groups in total. The van der Waals surface area contributed by atoms with E-state index in [2.05, 4.69) is 14.5 Å². The van der Waals surface area contributed by atoms with Crippen LogP contribution in [0, 0.1) is 0 Å². The number of furan rings is 1. The fourth-order valence-electron chi connectivity index (χ4n) is 3.30. The van der Waals surface area contributed by atoms with Crippen LogP contribution in [0.3, 0.4) is 0 Å². The second-order valence-corrected chi connectivity index (χ2v) is 6.23. The summed E-state index contributed by atoms with van der Waals surface area (Å²) >= 11 is 0. The van der Waals surface area contributed by atoms with Crippen LogP contribution in [0.1, 0.15) is 34.8 Å². The Morgan fingerprint density at radius 3 is 2.92 bits per heavy atom. The second-order valence-electron chi connectivity index (χ2n) is 6.23. The third-order valence-electron chi connectivity index (χ3n) is 4.68. The Labute approximate surface area is 151 Å². The highest BCUT2D eigenvalue weighted by atomic mass is 16.5. The number of imidazole rings is 1. The quantitative estimate of drug-likeness (QED) is 0.706. The van der Waals surface area contributed by atoms with E-state index >= 15 is 0 Å². The van der Waals surface area contributed by atoms with Crippen LogP contribution in [-0.2, 0) is 13.0 Å². The van der Waals surface area contributed by atoms with Gasteiger partial charge in [0.2, 0.25) is 0 Å². The van der Waals surface area contributed by atoms with E-state index in [0.717, 1.165) is 30.2 Å². The summed E-state index contributed by atoms with van der Waals surface area (Å²) in [4.78, 5) is 23.0. The minimum Gasteiger partial charge on any atom is -0.493 e. The highest BCUT2D eigenvalue weighted by Gasteiger charge is 2.31. The Morgan fingerprint density at radius 1 is 1.31 bits per heavy atom. The standard InChI is InChI=1S/C19H20N4O3/c1-14-18-21-12-16(5-11-26-17-2-6-20-7-3-17)23(18)9-8-22(14)19(24)15-4-10-25-13-15/h2-4,6-7,10,12-14H,5,8-9,11H2,1H3/t14-/m0/s1. The molecule has 4 heterocycles. The molecule has 7 heteroatoms. The van der Waals surface area contributed by atoms with Crippen LogP contribution < -0.4 is 4.74 Å². The number of amides is 1. The lowest BCUT2D eigenvalue weighted by Gasteiger charge is -2.34. The summed E-state index contributed by atoms with van der Waals surface area (Å²) in [6.45, 7) is 3.95. The zero-order chi connectivity index (χ0) is 17.9. The van der Waals surface area contributed by atoms with Crippen LogP contribution >= 0.6 is 0 Å². The minimum atomic E-state index is -0.0824. The average molecular weight is 352 g/mol. The molecule has 7 nitrogen and oxygen atoms in total. The average Bonchev–Trinajstić information content (AvgIpc) is 3.33. The Morgan fingerprint density at radius 2 is 2.15 bits per heavy atom. The molecule has 3 aromatic heterocycles. The van der Waals surface area contributed by atoms with Gasteiger partial charge in [-0.3, -0.25) is 9.78 Å². The number of aromatic nitrogens is 3. The van der Waals surface area contributed by atoms with Crippen LogP contribution in [0.15, 0.2) is 53.7 Å². The van der Waals surface area contributed by atoms with Gasteiger partial charge in [-0.1, -0.05) is 0 Å². The van der Waals surface area contributed by atoms with E-state index in [-0.39, 0.29) is 11.9 Å². The monoisotopic (exact) mass is 352 g/mol. The fourth-order valence-corrected chi connectivity index (χ4v) is 3.30. The van der Waals surface area contributed by atoms with E-state index in [1.807, 2.05) is 30.2 Å². The van der Waals surface area contributed by atoms with Gasteiger partial charge in [-0.05, 0) is 25.1 Å². The number of hydrogen-bond acceptors (Lipinski definition) is 5. The first-order valence-electron chi connectivity index (χ1n) is 8.64. The molecule has 26 heavy (non-hydrogen) atoms. The molecule has 0 unspecified atom stereocenters. The highest BCUT2D eigenvalue weighted by Crippen LogP contribution is 2.27. The lowest BCUT2D eigenvalue weighted by atomic mass is 10.1. The number of hydrogen-bond donors (Lipinski definition) is 0. The summed E-state index contributed by atoms with van der Waals surface area (Å²) < 4.78 is 13.0. The van der Waals surface area contributed by atoms with Crippen molar-refractivity contribution in [1.82, 2.24) is 19.4 Å². The van der Waals surface area contributed by atoms with Gasteiger partial charge in [-0.25, -0.2) is 4.98 Å². The van der Waals surface area contributed by atoms with Crippen LogP contribution in [0.25, 0.3) is 0 Å². The number of ether oxygens (including phenoxy) is 1. The molecule has 134 valence electrons. The van der Waals surface area contributed by atoms with Crippen molar-refractivity contribution in [2.75, 3.05) is 13.2 Å². The van der Waals surface area contributed by atoms with Crippen molar-refractivity contribution in [3.8, 4) is 5.75 Å². The first kappa shape index (κ1) is 16.4. The molecule has 1 aliphatic heterocycles. The summed E-state index contributed by atoms with van der Waals surface area (Å²) in [7, 11) is 0. The lowest BCUT2D eigenvalue weighted by Crippen LogP contribution is -2.41. The Bertz CT molecular complexity index is 874. The van der Waals surface area contributed by atoms with E-state index in [1.165, 1.54) is 12.5 Å². The number of pyridine rings is 1. The van der Waals surface area contributed by atoms with Crippen molar-refractivity contribution in [1.29, 1.82) is 0 Å². The molecule has 0 aliphatic carbocycles. The van der Waals surface area contributed by atoms with Crippen LogP contribution in [0.4, 0.5) is 0 Å². The van der Waals surface area contributed by atoms with Gasteiger partial charge in [0.05, 0.1) is 24.5 Å². The molecule has 0 bridgehead atoms. The van der Waals surface area contributed by atoms with Crippen LogP contribution in [-0.4, -0.2) is 38.5 Å². The molecule has 0 saturated carbocycles. The molecular formula is C19H20N4O3. The third kappa shape index (κ3) is 3.08. The van der Waals surface area contributed by atoms with Gasteiger partial charge in [-0.2, -0.15) is 0 Å². The first-order valence-corrected chi connectivity index (χ1v) is 8.64. The van der Waals surface area contributed by atoms with E-state index in [0.29, 0.717) is 18.7 Å². The van der Waals surface area contributed by atoms with Gasteiger partial charge in [0.25, 0.3) is 5.91 Å². The van der Waals surface area contributed by atoms with Crippen molar-refractivity contribution in [3.63, 3.8) is 0 Å². The van der Waals surface area contributed by atoms with Crippen molar-refractivity contribution < 1.29 is 13.9 Å². The van der Waals surface area contributed by atoms with Crippen LogP contribution in [0.2, 0.25) is 0 Å². The molecule has 1 atom stereocenters. The molecular weight excluding hydrogens is 332 g/mol. The fraction of sp³-hybridized carbons (Fsp3) is 0.316. The number of fused-ring (bicyclic) bond motifs is 1. The number of nitrogens with zero attached hydrogens (tertiary/aromatic N) is 4. The molecule has 0 radical (unpaired) electrons. The second kappa shape index (κ2) is 7.03. The number of rotatable bonds is 5. The van der Waals surface area contributed by atoms with Gasteiger partial charge < -0.3 is 18.6 Å². The van der Waals surface area contributed by atoms with Gasteiger partial charge in [0, 0.05) is 43.8 Å². The van der Waals surface area contributed by atoms with E-state index < -0.39 is 0 Å². The van der Waals surface area contributed by atoms with E-state index in [4.69, 9.17) is 9.15 Å². The van der Waals surface area contributed by atoms with Crippen molar-refractivity contribution in [2.24, 2.45) is 0 Å². The molecule has 0 aromatic carbocycles. The summed E-state index contributed by atoms with van der Waals surface area (Å²) in [5, 5.41) is 0. The minimum absolute atomic E-state index is 0.0249. The number of carbonyl (C=O) groups excluding carboxylic acids is 1. The topological polar surface area (TPSA) is 73.4 Å². The molecule has 0 saturated heterocycles. The third-order valence-corrected chi connectivity index (χ3v) is 4.68. The molecule has 3 aromatic rings. The first-order chi connectivity index (χ1) is 12.7. The van der Waals surface area contributed by atoms with E-state index in [1.54, 1.807) is 18.5 Å². The summed E-state index contributed by atoms with van der Waals surface area (Å²) in [5.74, 6) is 1.69. The van der Waals surface area contributed by atoms with Gasteiger partial charge in [0.15, 0.2) is 0 Å². The maximum atomic E-state index is 12.6. The van der Waals surface area contributed by atoms with Gasteiger partial charge in [0.1, 0.15) is 17.8 Å². The zero-order valence-corrected chi connectivity index (χ0v) is 14.5. The number of carbonyl (C=O) groups is 1. The van der Waals surface area contributed by atoms with Gasteiger partial charge >= 0.3 is 0 Å². The summed E-state index contributed by atoms with van der Waals surface area (Å²) in [6.07, 6.45) is 9.07. The zero-order valence-electron chi connectivity index (χ0n) is 14.5. The maximum Gasteiger partial charge on any atom is 0.257 e. The normalized spacial score (nSPS) is 16.3. The van der Waals surface area contributed by atoms with Crippen LogP contribution in [0.5, 0.6) is 5.75 Å². The molecule has 0 spiro atoms. The SMILES string of the molecule is C[C@H]1c2ncc(CCOc3ccncc3)n2CCN1C(=O)c1ccoc1. The van der Waals surface area contributed by atoms with E-state index in [9.17, 15) is 4.79 Å². The predicted molar refractivity (Wildman–Crippen MR) is 93.8 cm³/mol. The predicted octanol–water partition coefficient (Wildman–Crippen LogP) is 2.71. The highest BCUT2D eigenvalue weighted by molar-refractivity contribution is 5.94. The molecule has 1 amide bonds.